The van der Waals surface area contributed by atoms with Crippen LogP contribution in [-0.2, 0) is 4.79 Å². The molecule has 0 saturated heterocycles. The Morgan fingerprint density at radius 2 is 2.04 bits per heavy atom. The second-order valence-corrected chi connectivity index (χ2v) is 6.15. The molecule has 0 aliphatic heterocycles. The highest BCUT2D eigenvalue weighted by atomic mass is 19.1. The van der Waals surface area contributed by atoms with Crippen LogP contribution in [0.5, 0.6) is 5.75 Å². The summed E-state index contributed by atoms with van der Waals surface area (Å²) in [4.78, 5) is 11.8. The number of nitrogens with two attached hydrogens (primary N) is 2. The maximum atomic E-state index is 13.1. The fourth-order valence-electron chi connectivity index (χ4n) is 2.92. The van der Waals surface area contributed by atoms with Crippen LogP contribution in [0.2, 0.25) is 0 Å². The molecule has 1 aliphatic rings. The molecular formula is C18H25FN3O2+. The van der Waals surface area contributed by atoms with Crippen molar-refractivity contribution in [1.29, 1.82) is 0 Å². The molecule has 0 aromatic heterocycles. The summed E-state index contributed by atoms with van der Waals surface area (Å²) in [5, 5.41) is 8.19. The summed E-state index contributed by atoms with van der Waals surface area (Å²) in [6.07, 6.45) is 6.56. The van der Waals surface area contributed by atoms with Crippen LogP contribution in [-0.4, -0.2) is 25.3 Å². The van der Waals surface area contributed by atoms with Gasteiger partial charge in [-0.1, -0.05) is 6.07 Å². The maximum Gasteiger partial charge on any atom is 0.258 e. The fourth-order valence-corrected chi connectivity index (χ4v) is 2.92. The molecule has 0 radical (unpaired) electrons. The highest BCUT2D eigenvalue weighted by Crippen LogP contribution is 2.29. The van der Waals surface area contributed by atoms with Gasteiger partial charge in [0.05, 0.1) is 6.61 Å². The van der Waals surface area contributed by atoms with Crippen LogP contribution in [0.25, 0.3) is 0 Å². The van der Waals surface area contributed by atoms with E-state index in [9.17, 15) is 9.18 Å². The van der Waals surface area contributed by atoms with Crippen molar-refractivity contribution in [1.82, 2.24) is 5.32 Å². The van der Waals surface area contributed by atoms with Gasteiger partial charge in [-0.3, -0.25) is 10.2 Å². The van der Waals surface area contributed by atoms with E-state index in [2.05, 4.69) is 5.32 Å². The fraction of sp³-hybridized carbons (Fsp3) is 0.444. The van der Waals surface area contributed by atoms with Crippen molar-refractivity contribution in [2.45, 2.75) is 25.7 Å². The minimum atomic E-state index is -0.285. The molecule has 1 fully saturated rings. The van der Waals surface area contributed by atoms with E-state index in [1.54, 1.807) is 12.1 Å². The van der Waals surface area contributed by atoms with Crippen molar-refractivity contribution < 1.29 is 19.3 Å². The summed E-state index contributed by atoms with van der Waals surface area (Å²) in [5.41, 5.74) is 5.61. The lowest BCUT2D eigenvalue weighted by Gasteiger charge is -2.28. The average Bonchev–Trinajstić information content (AvgIpc) is 2.60. The number of nitrogens with one attached hydrogen (secondary N) is 1. The van der Waals surface area contributed by atoms with Crippen LogP contribution in [0.15, 0.2) is 36.0 Å². The predicted octanol–water partition coefficient (Wildman–Crippen LogP) is 0.800. The van der Waals surface area contributed by atoms with Crippen LogP contribution >= 0.6 is 0 Å². The van der Waals surface area contributed by atoms with Crippen molar-refractivity contribution in [3.05, 3.63) is 41.9 Å². The largest absolute Gasteiger partial charge is 0.493 e. The molecule has 6 heteroatoms. The smallest absolute Gasteiger partial charge is 0.258 e. The van der Waals surface area contributed by atoms with Gasteiger partial charge in [0.25, 0.3) is 5.91 Å². The van der Waals surface area contributed by atoms with Crippen LogP contribution in [0.1, 0.15) is 25.7 Å². The van der Waals surface area contributed by atoms with Gasteiger partial charge in [-0.05, 0) is 49.7 Å². The quantitative estimate of drug-likeness (QED) is 0.509. The molecular weight excluding hydrogens is 309 g/mol. The monoisotopic (exact) mass is 334 g/mol. The van der Waals surface area contributed by atoms with Gasteiger partial charge in [-0.2, -0.15) is 0 Å². The first-order chi connectivity index (χ1) is 11.6. The zero-order chi connectivity index (χ0) is 17.4. The van der Waals surface area contributed by atoms with E-state index < -0.39 is 0 Å². The first kappa shape index (κ1) is 18.0. The molecule has 2 rings (SSSR count). The van der Waals surface area contributed by atoms with Crippen molar-refractivity contribution in [3.8, 4) is 5.75 Å². The third-order valence-electron chi connectivity index (χ3n) is 4.42. The molecule has 1 aromatic rings. The number of amides is 1. The lowest BCUT2D eigenvalue weighted by Crippen LogP contribution is -2.38. The van der Waals surface area contributed by atoms with Crippen LogP contribution in [0, 0.1) is 17.7 Å². The van der Waals surface area contributed by atoms with Gasteiger partial charge < -0.3 is 15.8 Å². The molecule has 0 atom stereocenters. The van der Waals surface area contributed by atoms with Crippen LogP contribution < -0.4 is 21.2 Å². The number of rotatable bonds is 7. The molecule has 5 N–H and O–H groups in total. The normalized spacial score (nSPS) is 21.1. The van der Waals surface area contributed by atoms with Crippen molar-refractivity contribution >= 4 is 12.1 Å². The van der Waals surface area contributed by atoms with E-state index >= 15 is 0 Å². The van der Waals surface area contributed by atoms with Gasteiger partial charge >= 0.3 is 0 Å². The summed E-state index contributed by atoms with van der Waals surface area (Å²) in [7, 11) is 0. The average molecular weight is 334 g/mol. The summed E-state index contributed by atoms with van der Waals surface area (Å²) >= 11 is 0. The lowest BCUT2D eigenvalue weighted by molar-refractivity contribution is -0.119. The van der Waals surface area contributed by atoms with Gasteiger partial charge in [-0.15, -0.1) is 0 Å². The second kappa shape index (κ2) is 9.05. The Labute approximate surface area is 141 Å². The minimum Gasteiger partial charge on any atom is -0.493 e. The molecule has 5 nitrogen and oxygen atoms in total. The van der Waals surface area contributed by atoms with Crippen LogP contribution in [0.4, 0.5) is 4.39 Å². The topological polar surface area (TPSA) is 89.9 Å². The molecule has 0 unspecified atom stereocenters. The third kappa shape index (κ3) is 5.37. The zero-order valence-corrected chi connectivity index (χ0v) is 13.7. The second-order valence-electron chi connectivity index (χ2n) is 6.15. The zero-order valence-electron chi connectivity index (χ0n) is 13.7. The van der Waals surface area contributed by atoms with E-state index in [-0.39, 0.29) is 17.3 Å². The summed E-state index contributed by atoms with van der Waals surface area (Å²) in [6.45, 7) is 1.23. The summed E-state index contributed by atoms with van der Waals surface area (Å²) in [5.74, 6) is 0.973. The van der Waals surface area contributed by atoms with Gasteiger partial charge in [0.2, 0.25) is 0 Å². The van der Waals surface area contributed by atoms with Gasteiger partial charge in [0.1, 0.15) is 17.1 Å². The maximum absolute atomic E-state index is 13.1. The van der Waals surface area contributed by atoms with E-state index in [0.717, 1.165) is 25.7 Å². The molecule has 24 heavy (non-hydrogen) atoms. The number of carbonyl (C=O) groups excluding carboxylic acids is 1. The number of hydrogen-bond acceptors (Lipinski definition) is 3. The van der Waals surface area contributed by atoms with Gasteiger partial charge in [0, 0.05) is 18.8 Å². The first-order valence-corrected chi connectivity index (χ1v) is 8.25. The third-order valence-corrected chi connectivity index (χ3v) is 4.42. The number of halogens is 1. The Kier molecular flexibility index (Phi) is 6.78. The molecule has 0 bridgehead atoms. The molecule has 0 spiro atoms. The Hall–Kier alpha value is -2.37. The number of carbonyl (C=O) groups is 1. The van der Waals surface area contributed by atoms with E-state index in [0.29, 0.717) is 30.7 Å². The van der Waals surface area contributed by atoms with E-state index in [1.165, 1.54) is 24.5 Å². The van der Waals surface area contributed by atoms with Gasteiger partial charge in [-0.25, -0.2) is 4.39 Å². The summed E-state index contributed by atoms with van der Waals surface area (Å²) < 4.78 is 18.8. The Balaban J connectivity index is 1.68. The van der Waals surface area contributed by atoms with Crippen molar-refractivity contribution in [2.75, 3.05) is 13.2 Å². The molecule has 0 heterocycles. The van der Waals surface area contributed by atoms with Crippen molar-refractivity contribution in [3.63, 3.8) is 0 Å². The molecule has 1 aromatic carbocycles. The SMILES string of the molecule is N/C=C(\C=[NH2+])C(=O)NCC1CCC(COc2cccc(F)c2)CC1. The number of hydrogen-bond donors (Lipinski definition) is 3. The lowest BCUT2D eigenvalue weighted by atomic mass is 9.82. The summed E-state index contributed by atoms with van der Waals surface area (Å²) in [6, 6.07) is 6.21. The Morgan fingerprint density at radius 3 is 2.67 bits per heavy atom. The van der Waals surface area contributed by atoms with E-state index in [4.69, 9.17) is 15.9 Å². The molecule has 1 amide bonds. The highest BCUT2D eigenvalue weighted by molar-refractivity contribution is 6.10. The first-order valence-electron chi connectivity index (χ1n) is 8.25. The van der Waals surface area contributed by atoms with Crippen molar-refractivity contribution in [2.24, 2.45) is 17.6 Å². The van der Waals surface area contributed by atoms with Crippen LogP contribution in [0.3, 0.4) is 0 Å². The van der Waals surface area contributed by atoms with E-state index in [1.807, 2.05) is 0 Å². The van der Waals surface area contributed by atoms with Gasteiger partial charge in [0.15, 0.2) is 6.21 Å². The predicted molar refractivity (Wildman–Crippen MR) is 90.6 cm³/mol. The number of ether oxygens (including phenoxy) is 1. The standard InChI is InChI=1S/C18H24FN3O2/c19-16-2-1-3-17(8-16)24-12-14-6-4-13(5-7-14)11-22-18(23)15(9-20)10-21/h1-3,8-10,13-14,20H,4-7,11-12,21H2,(H,22,23)/p+1/b15-10+,20-9?. The highest BCUT2D eigenvalue weighted by Gasteiger charge is 2.22. The Bertz CT molecular complexity index is 596. The molecule has 130 valence electrons. The molecule has 1 saturated carbocycles. The number of benzene rings is 1. The molecule has 1 aliphatic carbocycles. The minimum absolute atomic E-state index is 0.239. The Morgan fingerprint density at radius 1 is 1.33 bits per heavy atom.